The van der Waals surface area contributed by atoms with Gasteiger partial charge in [0.05, 0.1) is 12.7 Å². The number of hydrogen-bond donors (Lipinski definition) is 2. The normalized spacial score (nSPS) is 35.6. The lowest BCUT2D eigenvalue weighted by molar-refractivity contribution is -0.138. The highest BCUT2D eigenvalue weighted by molar-refractivity contribution is 6.30. The molecule has 1 amide bonds. The number of rotatable bonds is 5. The van der Waals surface area contributed by atoms with Crippen LogP contribution in [0.5, 0.6) is 5.75 Å². The van der Waals surface area contributed by atoms with Gasteiger partial charge < -0.3 is 19.9 Å². The Morgan fingerprint density at radius 3 is 2.96 bits per heavy atom. The van der Waals surface area contributed by atoms with Crippen LogP contribution in [0, 0.1) is 22.7 Å². The van der Waals surface area contributed by atoms with Crippen LogP contribution in [0.25, 0.3) is 0 Å². The molecule has 0 aromatic heterocycles. The Balaban J connectivity index is 1.66. The van der Waals surface area contributed by atoms with E-state index in [4.69, 9.17) is 21.1 Å². The first-order chi connectivity index (χ1) is 13.3. The summed E-state index contributed by atoms with van der Waals surface area (Å²) in [7, 11) is 1.62. The Morgan fingerprint density at radius 1 is 1.43 bits per heavy atom. The second-order valence-electron chi connectivity index (χ2n) is 9.29. The van der Waals surface area contributed by atoms with Crippen molar-refractivity contribution in [3.63, 3.8) is 0 Å². The molecule has 1 aliphatic heterocycles. The van der Waals surface area contributed by atoms with Crippen molar-refractivity contribution >= 4 is 17.5 Å². The first-order valence-corrected chi connectivity index (χ1v) is 10.6. The molecule has 5 nitrogen and oxygen atoms in total. The standard InChI is InChI=1S/C22H30ClNO4/c1-21(2)13-10-16-19(15-11-14(23)4-5-17(15)25)28-9-7-22(16,12-13)20(21)24-18(26)6-8-27-3/h4-5,11,13,16,19-20,25H,6-10,12H2,1-3H3,(H,24,26)/t13-,16-,19-,20+,22?/m1/s1. The Hall–Kier alpha value is -1.30. The summed E-state index contributed by atoms with van der Waals surface area (Å²) in [4.78, 5) is 12.6. The number of phenolic OH excluding ortho intramolecular Hbond substituents is 1. The second kappa shape index (κ2) is 7.19. The van der Waals surface area contributed by atoms with Gasteiger partial charge in [-0.25, -0.2) is 0 Å². The molecule has 3 aliphatic rings. The average Bonchev–Trinajstić information content (AvgIpc) is 3.14. The maximum absolute atomic E-state index is 12.6. The van der Waals surface area contributed by atoms with Gasteiger partial charge in [0.25, 0.3) is 0 Å². The Bertz CT molecular complexity index is 767. The van der Waals surface area contributed by atoms with E-state index in [2.05, 4.69) is 19.2 Å². The Morgan fingerprint density at radius 2 is 2.21 bits per heavy atom. The number of amides is 1. The fourth-order valence-corrected chi connectivity index (χ4v) is 6.46. The molecule has 154 valence electrons. The molecule has 3 fully saturated rings. The summed E-state index contributed by atoms with van der Waals surface area (Å²) in [6.07, 6.45) is 3.27. The van der Waals surface area contributed by atoms with Crippen molar-refractivity contribution in [2.24, 2.45) is 22.7 Å². The molecule has 1 spiro atoms. The minimum Gasteiger partial charge on any atom is -0.508 e. The first kappa shape index (κ1) is 20.0. The fraction of sp³-hybridized carbons (Fsp3) is 0.682. The van der Waals surface area contributed by atoms with Crippen LogP contribution in [-0.4, -0.2) is 37.4 Å². The molecule has 1 aromatic rings. The van der Waals surface area contributed by atoms with E-state index < -0.39 is 0 Å². The number of hydrogen-bond acceptors (Lipinski definition) is 4. The van der Waals surface area contributed by atoms with Gasteiger partial charge in [0.15, 0.2) is 0 Å². The van der Waals surface area contributed by atoms with Gasteiger partial charge in [-0.1, -0.05) is 25.4 Å². The highest BCUT2D eigenvalue weighted by atomic mass is 35.5. The summed E-state index contributed by atoms with van der Waals surface area (Å²) >= 11 is 6.21. The van der Waals surface area contributed by atoms with Gasteiger partial charge in [-0.15, -0.1) is 0 Å². The van der Waals surface area contributed by atoms with E-state index in [0.29, 0.717) is 30.6 Å². The van der Waals surface area contributed by atoms with Crippen molar-refractivity contribution in [1.29, 1.82) is 0 Å². The van der Waals surface area contributed by atoms with E-state index in [1.165, 1.54) is 0 Å². The van der Waals surface area contributed by atoms with Crippen LogP contribution in [0.4, 0.5) is 0 Å². The van der Waals surface area contributed by atoms with Gasteiger partial charge in [-0.2, -0.15) is 0 Å². The lowest BCUT2D eigenvalue weighted by atomic mass is 9.58. The number of methoxy groups -OCH3 is 1. The number of fused-ring (bicyclic) bond motifs is 1. The minimum atomic E-state index is -0.188. The SMILES string of the molecule is COCCC(=O)N[C@H]1C(C)(C)[C@@H]2C[C@@H]3[C@@H](c4cc(Cl)ccc4O)OCCC31C2. The first-order valence-electron chi connectivity index (χ1n) is 10.2. The van der Waals surface area contributed by atoms with Crippen molar-refractivity contribution in [3.05, 3.63) is 28.8 Å². The molecular formula is C22H30ClNO4. The number of halogens is 1. The van der Waals surface area contributed by atoms with Crippen molar-refractivity contribution in [2.45, 2.75) is 51.7 Å². The number of carbonyl (C=O) groups is 1. The third kappa shape index (κ3) is 3.03. The number of ether oxygens (including phenoxy) is 2. The van der Waals surface area contributed by atoms with Crippen molar-refractivity contribution < 1.29 is 19.4 Å². The van der Waals surface area contributed by atoms with Gasteiger partial charge in [0.2, 0.25) is 5.91 Å². The molecular weight excluding hydrogens is 378 g/mol. The van der Waals surface area contributed by atoms with Crippen LogP contribution in [0.1, 0.15) is 51.2 Å². The molecule has 1 heterocycles. The highest BCUT2D eigenvalue weighted by Gasteiger charge is 2.68. The largest absolute Gasteiger partial charge is 0.508 e. The van der Waals surface area contributed by atoms with E-state index in [1.807, 2.05) is 6.07 Å². The molecule has 2 N–H and O–H groups in total. The van der Waals surface area contributed by atoms with Crippen LogP contribution in [0.15, 0.2) is 18.2 Å². The quantitative estimate of drug-likeness (QED) is 0.771. The van der Waals surface area contributed by atoms with Gasteiger partial charge in [0, 0.05) is 36.8 Å². The van der Waals surface area contributed by atoms with Crippen LogP contribution >= 0.6 is 11.6 Å². The maximum atomic E-state index is 12.6. The molecule has 1 saturated heterocycles. The van der Waals surface area contributed by atoms with E-state index in [-0.39, 0.29) is 40.6 Å². The summed E-state index contributed by atoms with van der Waals surface area (Å²) in [6, 6.07) is 5.26. The molecule has 4 rings (SSSR count). The summed E-state index contributed by atoms with van der Waals surface area (Å²) in [5.74, 6) is 1.07. The molecule has 2 saturated carbocycles. The maximum Gasteiger partial charge on any atom is 0.222 e. The number of benzene rings is 1. The Labute approximate surface area is 171 Å². The van der Waals surface area contributed by atoms with Crippen molar-refractivity contribution in [2.75, 3.05) is 20.3 Å². The number of carbonyl (C=O) groups excluding carboxylic acids is 1. The van der Waals surface area contributed by atoms with Gasteiger partial charge >= 0.3 is 0 Å². The highest BCUT2D eigenvalue weighted by Crippen LogP contribution is 2.70. The molecule has 1 unspecified atom stereocenters. The molecule has 2 bridgehead atoms. The zero-order valence-corrected chi connectivity index (χ0v) is 17.6. The monoisotopic (exact) mass is 407 g/mol. The van der Waals surface area contributed by atoms with Crippen LogP contribution in [0.2, 0.25) is 5.02 Å². The molecule has 5 atom stereocenters. The van der Waals surface area contributed by atoms with Crippen LogP contribution < -0.4 is 5.32 Å². The molecule has 6 heteroatoms. The van der Waals surface area contributed by atoms with Crippen LogP contribution in [0.3, 0.4) is 0 Å². The molecule has 28 heavy (non-hydrogen) atoms. The fourth-order valence-electron chi connectivity index (χ4n) is 6.28. The number of nitrogens with one attached hydrogen (secondary N) is 1. The molecule has 1 aromatic carbocycles. The molecule has 2 aliphatic carbocycles. The topological polar surface area (TPSA) is 67.8 Å². The van der Waals surface area contributed by atoms with Gasteiger partial charge in [0.1, 0.15) is 5.75 Å². The van der Waals surface area contributed by atoms with Crippen molar-refractivity contribution in [3.8, 4) is 5.75 Å². The third-order valence-corrected chi connectivity index (χ3v) is 7.87. The summed E-state index contributed by atoms with van der Waals surface area (Å²) in [6.45, 7) is 5.62. The minimum absolute atomic E-state index is 0.00538. The second-order valence-corrected chi connectivity index (χ2v) is 9.72. The average molecular weight is 408 g/mol. The zero-order chi connectivity index (χ0) is 20.1. The third-order valence-electron chi connectivity index (χ3n) is 7.64. The lowest BCUT2D eigenvalue weighted by Crippen LogP contribution is -2.59. The predicted octanol–water partition coefficient (Wildman–Crippen LogP) is 4.08. The molecule has 0 radical (unpaired) electrons. The van der Waals surface area contributed by atoms with Gasteiger partial charge in [-0.05, 0) is 60.1 Å². The summed E-state index contributed by atoms with van der Waals surface area (Å²) in [5.41, 5.74) is 0.804. The van der Waals surface area contributed by atoms with Crippen LogP contribution in [-0.2, 0) is 14.3 Å². The summed E-state index contributed by atoms with van der Waals surface area (Å²) < 4.78 is 11.3. The van der Waals surface area contributed by atoms with Crippen molar-refractivity contribution in [1.82, 2.24) is 5.32 Å². The lowest BCUT2D eigenvalue weighted by Gasteiger charge is -2.53. The zero-order valence-electron chi connectivity index (χ0n) is 16.8. The Kier molecular flexibility index (Phi) is 5.13. The van der Waals surface area contributed by atoms with Gasteiger partial charge in [-0.3, -0.25) is 4.79 Å². The smallest absolute Gasteiger partial charge is 0.222 e. The van der Waals surface area contributed by atoms with E-state index in [1.54, 1.807) is 19.2 Å². The van der Waals surface area contributed by atoms with E-state index in [9.17, 15) is 9.90 Å². The summed E-state index contributed by atoms with van der Waals surface area (Å²) in [5, 5.41) is 14.4. The van der Waals surface area contributed by atoms with E-state index >= 15 is 0 Å². The number of phenols is 1. The number of aromatic hydroxyl groups is 1. The predicted molar refractivity (Wildman–Crippen MR) is 107 cm³/mol. The van der Waals surface area contributed by atoms with E-state index in [0.717, 1.165) is 24.8 Å².